The number of alkyl halides is 1. The van der Waals surface area contributed by atoms with Gasteiger partial charge in [0.15, 0.2) is 0 Å². The number of nitrogens with zero attached hydrogens (tertiary/aromatic N) is 1. The van der Waals surface area contributed by atoms with Gasteiger partial charge in [0.2, 0.25) is 0 Å². The summed E-state index contributed by atoms with van der Waals surface area (Å²) in [6.07, 6.45) is 1.93. The molecule has 0 aliphatic heterocycles. The fourth-order valence-corrected chi connectivity index (χ4v) is 2.16. The minimum absolute atomic E-state index is 0.0200. The Labute approximate surface area is 115 Å². The third-order valence-corrected chi connectivity index (χ3v) is 3.87. The van der Waals surface area contributed by atoms with Gasteiger partial charge in [0, 0.05) is 30.3 Å². The van der Waals surface area contributed by atoms with Gasteiger partial charge in [-0.05, 0) is 19.3 Å². The van der Waals surface area contributed by atoms with Crippen molar-refractivity contribution in [1.82, 2.24) is 4.98 Å². The summed E-state index contributed by atoms with van der Waals surface area (Å²) >= 11 is 0. The van der Waals surface area contributed by atoms with E-state index in [1.54, 1.807) is 13.3 Å². The second-order valence-corrected chi connectivity index (χ2v) is 6.14. The fraction of sp³-hybridized carbons (Fsp3) is 0.667. The van der Waals surface area contributed by atoms with Crippen molar-refractivity contribution in [3.05, 3.63) is 23.0 Å². The molecule has 1 heterocycles. The van der Waals surface area contributed by atoms with Crippen LogP contribution in [0.2, 0.25) is 0 Å². The van der Waals surface area contributed by atoms with Crippen LogP contribution >= 0.6 is 0 Å². The maximum Gasteiger partial charge on any atom is 0.133 e. The average molecular weight is 268 g/mol. The van der Waals surface area contributed by atoms with Crippen LogP contribution in [0.3, 0.4) is 0 Å². The highest BCUT2D eigenvalue weighted by molar-refractivity contribution is 5.41. The highest BCUT2D eigenvalue weighted by Crippen LogP contribution is 2.37. The first-order valence-electron chi connectivity index (χ1n) is 6.54. The van der Waals surface area contributed by atoms with E-state index in [1.165, 1.54) is 0 Å². The molecule has 4 heteroatoms. The molecule has 0 aliphatic rings. The zero-order chi connectivity index (χ0) is 14.8. The van der Waals surface area contributed by atoms with E-state index < -0.39 is 11.1 Å². The van der Waals surface area contributed by atoms with E-state index in [2.05, 4.69) is 4.98 Å². The maximum absolute atomic E-state index is 15.0. The molecule has 0 fully saturated rings. The molecule has 1 aromatic rings. The molecule has 2 N–H and O–H groups in total. The topological polar surface area (TPSA) is 48.1 Å². The van der Waals surface area contributed by atoms with Crippen LogP contribution in [-0.2, 0) is 6.42 Å². The SMILES string of the molecule is COc1c(C)cnc(CC(F)(CN)C(C)(C)C)c1C. The lowest BCUT2D eigenvalue weighted by molar-refractivity contribution is 0.0371. The predicted molar refractivity (Wildman–Crippen MR) is 76.3 cm³/mol. The van der Waals surface area contributed by atoms with Gasteiger partial charge in [-0.1, -0.05) is 20.8 Å². The lowest BCUT2D eigenvalue weighted by atomic mass is 9.75. The Morgan fingerprint density at radius 3 is 2.32 bits per heavy atom. The number of hydrogen-bond acceptors (Lipinski definition) is 3. The van der Waals surface area contributed by atoms with Gasteiger partial charge >= 0.3 is 0 Å². The molecule has 0 amide bonds. The minimum atomic E-state index is -1.48. The number of ether oxygens (including phenoxy) is 1. The first kappa shape index (κ1) is 15.9. The van der Waals surface area contributed by atoms with Gasteiger partial charge in [-0.25, -0.2) is 4.39 Å². The molecule has 1 atom stereocenters. The van der Waals surface area contributed by atoms with E-state index in [0.717, 1.165) is 16.9 Å². The van der Waals surface area contributed by atoms with E-state index in [-0.39, 0.29) is 13.0 Å². The fourth-order valence-electron chi connectivity index (χ4n) is 2.16. The molecule has 0 saturated carbocycles. The highest BCUT2D eigenvalue weighted by Gasteiger charge is 2.42. The van der Waals surface area contributed by atoms with Crippen LogP contribution in [0.15, 0.2) is 6.20 Å². The van der Waals surface area contributed by atoms with Gasteiger partial charge in [0.25, 0.3) is 0 Å². The summed E-state index contributed by atoms with van der Waals surface area (Å²) in [6.45, 7) is 9.40. The number of aryl methyl sites for hydroxylation is 1. The van der Waals surface area contributed by atoms with Crippen LogP contribution in [0.1, 0.15) is 37.6 Å². The van der Waals surface area contributed by atoms with Crippen molar-refractivity contribution < 1.29 is 9.13 Å². The zero-order valence-corrected chi connectivity index (χ0v) is 12.8. The Morgan fingerprint density at radius 1 is 1.32 bits per heavy atom. The van der Waals surface area contributed by atoms with Crippen molar-refractivity contribution in [1.29, 1.82) is 0 Å². The summed E-state index contributed by atoms with van der Waals surface area (Å²) in [7, 11) is 1.62. The Bertz CT molecular complexity index is 454. The minimum Gasteiger partial charge on any atom is -0.496 e. The molecule has 0 aromatic carbocycles. The zero-order valence-electron chi connectivity index (χ0n) is 12.8. The van der Waals surface area contributed by atoms with Crippen LogP contribution in [0.25, 0.3) is 0 Å². The van der Waals surface area contributed by atoms with Crippen molar-refractivity contribution in [3.63, 3.8) is 0 Å². The number of pyridine rings is 1. The van der Waals surface area contributed by atoms with E-state index in [1.807, 2.05) is 34.6 Å². The Kier molecular flexibility index (Phi) is 4.56. The summed E-state index contributed by atoms with van der Waals surface area (Å²) in [5, 5.41) is 0. The monoisotopic (exact) mass is 268 g/mol. The molecule has 1 unspecified atom stereocenters. The molecule has 0 bridgehead atoms. The summed E-state index contributed by atoms with van der Waals surface area (Å²) in [5.41, 5.74) is 6.20. The molecule has 108 valence electrons. The van der Waals surface area contributed by atoms with Crippen LogP contribution < -0.4 is 10.5 Å². The molecule has 3 nitrogen and oxygen atoms in total. The quantitative estimate of drug-likeness (QED) is 0.913. The largest absolute Gasteiger partial charge is 0.496 e. The molecule has 0 spiro atoms. The van der Waals surface area contributed by atoms with Gasteiger partial charge in [-0.3, -0.25) is 4.98 Å². The molecule has 19 heavy (non-hydrogen) atoms. The summed E-state index contributed by atoms with van der Waals surface area (Å²) < 4.78 is 20.4. The smallest absolute Gasteiger partial charge is 0.133 e. The van der Waals surface area contributed by atoms with E-state index in [9.17, 15) is 0 Å². The first-order chi connectivity index (χ1) is 8.66. The first-order valence-corrected chi connectivity index (χ1v) is 6.54. The molecule has 1 rings (SSSR count). The number of hydrogen-bond donors (Lipinski definition) is 1. The molecule has 0 aliphatic carbocycles. The van der Waals surface area contributed by atoms with Crippen molar-refractivity contribution in [2.75, 3.05) is 13.7 Å². The second kappa shape index (κ2) is 5.45. The van der Waals surface area contributed by atoms with E-state index >= 15 is 4.39 Å². The highest BCUT2D eigenvalue weighted by atomic mass is 19.1. The second-order valence-electron chi connectivity index (χ2n) is 6.14. The number of methoxy groups -OCH3 is 1. The number of nitrogens with two attached hydrogens (primary N) is 1. The standard InChI is InChI=1S/C15H25FN2O/c1-10-8-18-12(11(2)13(10)19-6)7-15(16,9-17)14(3,4)5/h8H,7,9,17H2,1-6H3. The lowest BCUT2D eigenvalue weighted by Crippen LogP contribution is -2.47. The molecular formula is C15H25FN2O. The Morgan fingerprint density at radius 2 is 1.89 bits per heavy atom. The summed E-state index contributed by atoms with van der Waals surface area (Å²) in [4.78, 5) is 4.36. The molecule has 0 radical (unpaired) electrons. The van der Waals surface area contributed by atoms with Crippen molar-refractivity contribution in [2.24, 2.45) is 11.1 Å². The van der Waals surface area contributed by atoms with E-state index in [0.29, 0.717) is 5.69 Å². The van der Waals surface area contributed by atoms with Crippen LogP contribution in [0, 0.1) is 19.3 Å². The molecular weight excluding hydrogens is 243 g/mol. The molecule has 1 aromatic heterocycles. The predicted octanol–water partition coefficient (Wildman–Crippen LogP) is 2.96. The van der Waals surface area contributed by atoms with E-state index in [4.69, 9.17) is 10.5 Å². The van der Waals surface area contributed by atoms with Gasteiger partial charge < -0.3 is 10.5 Å². The Hall–Kier alpha value is -1.16. The summed E-state index contributed by atoms with van der Waals surface area (Å²) in [5.74, 6) is 0.776. The van der Waals surface area contributed by atoms with Gasteiger partial charge in [-0.2, -0.15) is 0 Å². The number of rotatable bonds is 4. The Balaban J connectivity index is 3.19. The normalized spacial score (nSPS) is 15.2. The van der Waals surface area contributed by atoms with Crippen molar-refractivity contribution >= 4 is 0 Å². The van der Waals surface area contributed by atoms with Gasteiger partial charge in [-0.15, -0.1) is 0 Å². The van der Waals surface area contributed by atoms with Gasteiger partial charge in [0.1, 0.15) is 11.4 Å². The maximum atomic E-state index is 15.0. The third-order valence-electron chi connectivity index (χ3n) is 3.87. The van der Waals surface area contributed by atoms with Gasteiger partial charge in [0.05, 0.1) is 12.8 Å². The number of halogens is 1. The van der Waals surface area contributed by atoms with Crippen LogP contribution in [0.4, 0.5) is 4.39 Å². The van der Waals surface area contributed by atoms with Crippen molar-refractivity contribution in [2.45, 2.75) is 46.7 Å². The average Bonchev–Trinajstić information content (AvgIpc) is 2.32. The lowest BCUT2D eigenvalue weighted by Gasteiger charge is -2.37. The van der Waals surface area contributed by atoms with Crippen LogP contribution in [0.5, 0.6) is 5.75 Å². The number of aromatic nitrogens is 1. The van der Waals surface area contributed by atoms with Crippen LogP contribution in [-0.4, -0.2) is 24.3 Å². The third kappa shape index (κ3) is 3.06. The van der Waals surface area contributed by atoms with Crippen molar-refractivity contribution in [3.8, 4) is 5.75 Å². The molecule has 0 saturated heterocycles. The summed E-state index contributed by atoms with van der Waals surface area (Å²) in [6, 6.07) is 0.